The molecule has 0 fully saturated rings. The molecule has 0 spiro atoms. The van der Waals surface area contributed by atoms with Crippen LogP contribution >= 0.6 is 15.9 Å². The molecule has 0 radical (unpaired) electrons. The normalized spacial score (nSPS) is 12.8. The van der Waals surface area contributed by atoms with Crippen molar-refractivity contribution in [2.75, 3.05) is 5.32 Å². The summed E-state index contributed by atoms with van der Waals surface area (Å²) in [5.41, 5.74) is 0.622. The molecular formula is C13H19BrN2O4Si. The van der Waals surface area contributed by atoms with Crippen LogP contribution in [0.2, 0.25) is 5.54 Å². The first-order chi connectivity index (χ1) is 9.54. The summed E-state index contributed by atoms with van der Waals surface area (Å²) in [6, 6.07) is 2.95. The van der Waals surface area contributed by atoms with Gasteiger partial charge in [-0.3, -0.25) is 15.4 Å². The molecule has 0 bridgehead atoms. The van der Waals surface area contributed by atoms with E-state index >= 15 is 0 Å². The van der Waals surface area contributed by atoms with Crippen LogP contribution in [0.1, 0.15) is 26.3 Å². The first-order valence-electron chi connectivity index (χ1n) is 6.49. The van der Waals surface area contributed by atoms with Gasteiger partial charge < -0.3 is 4.74 Å². The second kappa shape index (κ2) is 6.57. The van der Waals surface area contributed by atoms with Crippen molar-refractivity contribution in [1.29, 1.82) is 0 Å². The van der Waals surface area contributed by atoms with Gasteiger partial charge in [0.05, 0.1) is 15.1 Å². The first kappa shape index (κ1) is 17.6. The van der Waals surface area contributed by atoms with E-state index in [1.165, 1.54) is 6.07 Å². The Balaban J connectivity index is 2.94. The van der Waals surface area contributed by atoms with Crippen LogP contribution in [-0.2, 0) is 4.74 Å². The largest absolute Gasteiger partial charge is 0.443 e. The minimum Gasteiger partial charge on any atom is -0.443 e. The third kappa shape index (κ3) is 4.53. The maximum absolute atomic E-state index is 11.9. The Bertz CT molecular complexity index is 576. The number of amides is 1. The van der Waals surface area contributed by atoms with Gasteiger partial charge in [0, 0.05) is 16.3 Å². The minimum atomic E-state index is -0.612. The van der Waals surface area contributed by atoms with Crippen LogP contribution in [-0.4, -0.2) is 26.9 Å². The van der Waals surface area contributed by atoms with Crippen LogP contribution in [0.25, 0.3) is 0 Å². The van der Waals surface area contributed by atoms with E-state index in [2.05, 4.69) is 21.2 Å². The highest BCUT2D eigenvalue weighted by Crippen LogP contribution is 2.32. The lowest BCUT2D eigenvalue weighted by Crippen LogP contribution is -2.34. The summed E-state index contributed by atoms with van der Waals surface area (Å²) in [4.78, 5) is 22.4. The maximum Gasteiger partial charge on any atom is 0.412 e. The summed E-state index contributed by atoms with van der Waals surface area (Å²) >= 11 is 3.17. The fraction of sp³-hybridized carbons (Fsp3) is 0.462. The Morgan fingerprint density at radius 2 is 2.10 bits per heavy atom. The van der Waals surface area contributed by atoms with Crippen LogP contribution in [0, 0.1) is 17.0 Å². The fourth-order valence-electron chi connectivity index (χ4n) is 1.46. The Morgan fingerprint density at radius 3 is 2.57 bits per heavy atom. The number of nitrogens with zero attached hydrogens (tertiary/aromatic N) is 1. The lowest BCUT2D eigenvalue weighted by molar-refractivity contribution is -0.385. The van der Waals surface area contributed by atoms with E-state index in [0.717, 1.165) is 10.2 Å². The van der Waals surface area contributed by atoms with Crippen molar-refractivity contribution in [1.82, 2.24) is 0 Å². The number of carbonyl (C=O) groups excluding carboxylic acids is 1. The number of anilines is 1. The van der Waals surface area contributed by atoms with Crippen molar-refractivity contribution < 1.29 is 14.5 Å². The third-order valence-corrected chi connectivity index (χ3v) is 5.85. The molecule has 0 aliphatic rings. The molecule has 1 unspecified atom stereocenters. The summed E-state index contributed by atoms with van der Waals surface area (Å²) in [5, 5.41) is 13.5. The van der Waals surface area contributed by atoms with E-state index in [9.17, 15) is 14.9 Å². The Labute approximate surface area is 135 Å². The van der Waals surface area contributed by atoms with Gasteiger partial charge in [0.1, 0.15) is 5.60 Å². The third-order valence-electron chi connectivity index (χ3n) is 3.42. The minimum absolute atomic E-state index is 0.0965. The molecule has 1 N–H and O–H groups in total. The topological polar surface area (TPSA) is 81.5 Å². The number of nitro groups is 1. The Kier molecular flexibility index (Phi) is 5.52. The zero-order chi connectivity index (χ0) is 16.4. The molecule has 6 nitrogen and oxygen atoms in total. The number of aryl methyl sites for hydroxylation is 1. The smallest absolute Gasteiger partial charge is 0.412 e. The van der Waals surface area contributed by atoms with Crippen LogP contribution in [0.15, 0.2) is 16.6 Å². The summed E-state index contributed by atoms with van der Waals surface area (Å²) in [7, 11) is 0.898. The van der Waals surface area contributed by atoms with Crippen molar-refractivity contribution in [2.24, 2.45) is 0 Å². The van der Waals surface area contributed by atoms with Crippen molar-refractivity contribution in [3.63, 3.8) is 0 Å². The number of ether oxygens (including phenoxy) is 1. The number of nitrogens with one attached hydrogen (secondary N) is 1. The summed E-state index contributed by atoms with van der Waals surface area (Å²) in [5.74, 6) is 0. The molecule has 0 heterocycles. The molecule has 0 saturated carbocycles. The summed E-state index contributed by atoms with van der Waals surface area (Å²) < 4.78 is 5.78. The zero-order valence-corrected chi connectivity index (χ0v) is 16.3. The monoisotopic (exact) mass is 374 g/mol. The van der Waals surface area contributed by atoms with Gasteiger partial charge in [-0.1, -0.05) is 6.92 Å². The van der Waals surface area contributed by atoms with Gasteiger partial charge >= 0.3 is 6.09 Å². The van der Waals surface area contributed by atoms with Crippen LogP contribution in [0.5, 0.6) is 0 Å². The van der Waals surface area contributed by atoms with Crippen LogP contribution in [0.4, 0.5) is 16.2 Å². The van der Waals surface area contributed by atoms with E-state index in [-0.39, 0.29) is 11.2 Å². The number of nitro benzene ring substituents is 1. The Hall–Kier alpha value is -1.41. The number of halogens is 1. The summed E-state index contributed by atoms with van der Waals surface area (Å²) in [6.45, 7) is 7.42. The van der Waals surface area contributed by atoms with E-state index in [1.807, 2.05) is 20.8 Å². The number of hydrogen-bond acceptors (Lipinski definition) is 4. The van der Waals surface area contributed by atoms with E-state index in [0.29, 0.717) is 15.7 Å². The quantitative estimate of drug-likeness (QED) is 0.498. The molecular weight excluding hydrogens is 356 g/mol. The molecule has 0 saturated heterocycles. The second-order valence-corrected chi connectivity index (χ2v) is 8.18. The first-order valence-corrected chi connectivity index (χ1v) is 8.44. The average molecular weight is 375 g/mol. The van der Waals surface area contributed by atoms with Gasteiger partial charge in [-0.25, -0.2) is 4.79 Å². The predicted octanol–water partition coefficient (Wildman–Crippen LogP) is 3.17. The average Bonchev–Trinajstić information content (AvgIpc) is 2.32. The molecule has 0 aromatic heterocycles. The van der Waals surface area contributed by atoms with Crippen LogP contribution < -0.4 is 5.32 Å². The molecule has 116 valence electrons. The Morgan fingerprint density at radius 1 is 1.52 bits per heavy atom. The number of benzene rings is 1. The van der Waals surface area contributed by atoms with E-state index < -0.39 is 16.6 Å². The number of hydrogen-bond donors (Lipinski definition) is 1. The van der Waals surface area contributed by atoms with Gasteiger partial charge in [0.2, 0.25) is 0 Å². The predicted molar refractivity (Wildman–Crippen MR) is 89.1 cm³/mol. The van der Waals surface area contributed by atoms with E-state index in [1.54, 1.807) is 13.0 Å². The fourth-order valence-corrected chi connectivity index (χ4v) is 1.95. The molecule has 8 heteroatoms. The number of carbonyl (C=O) groups is 1. The molecule has 1 aromatic rings. The molecule has 1 amide bonds. The van der Waals surface area contributed by atoms with Crippen molar-refractivity contribution >= 4 is 43.6 Å². The molecule has 0 aliphatic heterocycles. The standard InChI is InChI=1S/C13H19BrN2O4Si/c1-7-5-9(6-10(11(7)14)16(18)19)15-12(17)20-13(3,4)8(2)21/h5-6,8H,1-4,21H3,(H,15,17). The highest BCUT2D eigenvalue weighted by atomic mass is 79.9. The van der Waals surface area contributed by atoms with Crippen molar-refractivity contribution in [2.45, 2.75) is 38.8 Å². The van der Waals surface area contributed by atoms with Crippen LogP contribution in [0.3, 0.4) is 0 Å². The van der Waals surface area contributed by atoms with E-state index in [4.69, 9.17) is 4.74 Å². The van der Waals surface area contributed by atoms with Gasteiger partial charge in [-0.05, 0) is 53.9 Å². The van der Waals surface area contributed by atoms with Gasteiger partial charge in [0.15, 0.2) is 0 Å². The molecule has 1 rings (SSSR count). The lowest BCUT2D eigenvalue weighted by Gasteiger charge is -2.29. The van der Waals surface area contributed by atoms with Gasteiger partial charge in [-0.15, -0.1) is 0 Å². The highest BCUT2D eigenvalue weighted by Gasteiger charge is 2.27. The lowest BCUT2D eigenvalue weighted by atomic mass is 10.1. The zero-order valence-electron chi connectivity index (χ0n) is 12.7. The maximum atomic E-state index is 11.9. The SMILES string of the molecule is Cc1cc(NC(=O)OC(C)(C)C(C)[SiH3])cc([N+](=O)[O-])c1Br. The number of rotatable bonds is 4. The second-order valence-electron chi connectivity index (χ2n) is 5.66. The summed E-state index contributed by atoms with van der Waals surface area (Å²) in [6.07, 6.45) is -0.612. The van der Waals surface area contributed by atoms with Crippen molar-refractivity contribution in [3.05, 3.63) is 32.3 Å². The molecule has 0 aliphatic carbocycles. The van der Waals surface area contributed by atoms with Gasteiger partial charge in [-0.2, -0.15) is 0 Å². The highest BCUT2D eigenvalue weighted by molar-refractivity contribution is 9.10. The molecule has 1 atom stereocenters. The molecule has 1 aromatic carbocycles. The molecule has 21 heavy (non-hydrogen) atoms. The van der Waals surface area contributed by atoms with Gasteiger partial charge in [0.25, 0.3) is 5.69 Å². The van der Waals surface area contributed by atoms with Crippen molar-refractivity contribution in [3.8, 4) is 0 Å².